The maximum Gasteiger partial charge on any atom is 0.240 e. The van der Waals surface area contributed by atoms with E-state index in [0.29, 0.717) is 19.1 Å². The Labute approximate surface area is 77.1 Å². The van der Waals surface area contributed by atoms with Gasteiger partial charge in [0, 0.05) is 6.61 Å². The van der Waals surface area contributed by atoms with Crippen LogP contribution in [0.25, 0.3) is 0 Å². The molecule has 0 bridgehead atoms. The smallest absolute Gasteiger partial charge is 0.240 e. The molecule has 0 spiro atoms. The summed E-state index contributed by atoms with van der Waals surface area (Å²) in [5, 5.41) is 10.8. The van der Waals surface area contributed by atoms with Crippen LogP contribution >= 0.6 is 0 Å². The first-order valence-electron chi connectivity index (χ1n) is 4.21. The Morgan fingerprint density at radius 2 is 2.23 bits per heavy atom. The van der Waals surface area contributed by atoms with Gasteiger partial charge in [-0.1, -0.05) is 5.10 Å². The molecule has 2 N–H and O–H groups in total. The first kappa shape index (κ1) is 9.91. The lowest BCUT2D eigenvalue weighted by Crippen LogP contribution is -2.31. The number of nitrogens with zero attached hydrogens (tertiary/aromatic N) is 4. The molecule has 0 saturated carbocycles. The molecule has 1 aromatic heterocycles. The van der Waals surface area contributed by atoms with Crippen molar-refractivity contribution in [2.45, 2.75) is 32.9 Å². The van der Waals surface area contributed by atoms with Crippen molar-refractivity contribution in [3.63, 3.8) is 0 Å². The van der Waals surface area contributed by atoms with Crippen LogP contribution in [0.2, 0.25) is 0 Å². The Hall–Kier alpha value is -1.17. The molecule has 1 aromatic rings. The van der Waals surface area contributed by atoms with Gasteiger partial charge in [-0.2, -0.15) is 0 Å². The van der Waals surface area contributed by atoms with E-state index in [0.717, 1.165) is 0 Å². The van der Waals surface area contributed by atoms with Gasteiger partial charge in [-0.3, -0.25) is 0 Å². The summed E-state index contributed by atoms with van der Waals surface area (Å²) in [5.41, 5.74) is 5.22. The zero-order chi connectivity index (χ0) is 9.90. The lowest BCUT2D eigenvalue weighted by molar-refractivity contribution is -0.0245. The van der Waals surface area contributed by atoms with Crippen LogP contribution in [0.5, 0.6) is 0 Å². The monoisotopic (exact) mass is 185 g/mol. The highest BCUT2D eigenvalue weighted by Crippen LogP contribution is 2.12. The number of nitrogens with two attached hydrogens (primary N) is 1. The van der Waals surface area contributed by atoms with Gasteiger partial charge in [0.25, 0.3) is 0 Å². The molecule has 0 radical (unpaired) electrons. The fraction of sp³-hybridized carbons (Fsp3) is 0.857. The lowest BCUT2D eigenvalue weighted by Gasteiger charge is -2.23. The van der Waals surface area contributed by atoms with E-state index in [1.807, 2.05) is 20.8 Å². The van der Waals surface area contributed by atoms with Gasteiger partial charge in [0.1, 0.15) is 0 Å². The van der Waals surface area contributed by atoms with Gasteiger partial charge in [0.05, 0.1) is 12.1 Å². The van der Waals surface area contributed by atoms with Crippen LogP contribution in [0.4, 0.5) is 5.95 Å². The molecular weight excluding hydrogens is 170 g/mol. The summed E-state index contributed by atoms with van der Waals surface area (Å²) in [6.07, 6.45) is 0. The molecule has 1 rings (SSSR count). The second kappa shape index (κ2) is 3.69. The molecule has 0 atom stereocenters. The largest absolute Gasteiger partial charge is 0.374 e. The van der Waals surface area contributed by atoms with E-state index in [1.165, 1.54) is 4.68 Å². The third-order valence-corrected chi connectivity index (χ3v) is 1.63. The maximum absolute atomic E-state index is 5.52. The minimum atomic E-state index is -0.293. The molecule has 0 saturated heterocycles. The number of rotatable bonds is 4. The van der Waals surface area contributed by atoms with Crippen molar-refractivity contribution in [1.29, 1.82) is 0 Å². The number of nitrogen functional groups attached to an aromatic ring is 1. The van der Waals surface area contributed by atoms with E-state index < -0.39 is 0 Å². The molecule has 74 valence electrons. The molecule has 0 aliphatic carbocycles. The summed E-state index contributed by atoms with van der Waals surface area (Å²) < 4.78 is 7.01. The van der Waals surface area contributed by atoms with Gasteiger partial charge < -0.3 is 10.5 Å². The zero-order valence-electron chi connectivity index (χ0n) is 8.19. The number of hydrogen-bond acceptors (Lipinski definition) is 5. The van der Waals surface area contributed by atoms with Crippen molar-refractivity contribution in [1.82, 2.24) is 20.2 Å². The van der Waals surface area contributed by atoms with E-state index in [1.54, 1.807) is 0 Å². The fourth-order valence-corrected chi connectivity index (χ4v) is 1.12. The summed E-state index contributed by atoms with van der Waals surface area (Å²) in [6.45, 7) is 7.11. The van der Waals surface area contributed by atoms with Gasteiger partial charge in [0.2, 0.25) is 5.95 Å². The molecule has 0 unspecified atom stereocenters. The molecule has 6 nitrogen and oxygen atoms in total. The van der Waals surface area contributed by atoms with Crippen LogP contribution in [0.1, 0.15) is 20.8 Å². The first-order chi connectivity index (χ1) is 6.05. The van der Waals surface area contributed by atoms with Gasteiger partial charge >= 0.3 is 0 Å². The van der Waals surface area contributed by atoms with Crippen molar-refractivity contribution >= 4 is 5.95 Å². The number of tetrazole rings is 1. The van der Waals surface area contributed by atoms with Gasteiger partial charge in [-0.05, 0) is 31.2 Å². The first-order valence-corrected chi connectivity index (χ1v) is 4.21. The predicted octanol–water partition coefficient (Wildman–Crippen LogP) is 0.0704. The lowest BCUT2D eigenvalue weighted by atomic mass is 10.1. The second-order valence-electron chi connectivity index (χ2n) is 3.39. The van der Waals surface area contributed by atoms with Gasteiger partial charge in [0.15, 0.2) is 0 Å². The molecule has 0 fully saturated rings. The molecule has 0 aromatic carbocycles. The highest BCUT2D eigenvalue weighted by molar-refractivity contribution is 5.10. The Bertz CT molecular complexity index is 270. The minimum absolute atomic E-state index is 0.293. The molecule has 13 heavy (non-hydrogen) atoms. The van der Waals surface area contributed by atoms with Crippen LogP contribution < -0.4 is 5.73 Å². The van der Waals surface area contributed by atoms with Crippen LogP contribution in [0, 0.1) is 0 Å². The van der Waals surface area contributed by atoms with E-state index in [9.17, 15) is 0 Å². The summed E-state index contributed by atoms with van der Waals surface area (Å²) in [4.78, 5) is 0. The molecule has 0 amide bonds. The number of anilines is 1. The summed E-state index contributed by atoms with van der Waals surface area (Å²) in [7, 11) is 0. The minimum Gasteiger partial charge on any atom is -0.374 e. The molecule has 1 heterocycles. The Kier molecular flexibility index (Phi) is 2.82. The van der Waals surface area contributed by atoms with Crippen molar-refractivity contribution in [3.05, 3.63) is 0 Å². The summed E-state index contributed by atoms with van der Waals surface area (Å²) >= 11 is 0. The average Bonchev–Trinajstić information content (AvgIpc) is 2.35. The third-order valence-electron chi connectivity index (χ3n) is 1.63. The number of hydrogen-bond donors (Lipinski definition) is 1. The third kappa shape index (κ3) is 2.66. The molecule has 6 heteroatoms. The Morgan fingerprint density at radius 1 is 1.54 bits per heavy atom. The van der Waals surface area contributed by atoms with Gasteiger partial charge in [-0.25, -0.2) is 4.68 Å². The predicted molar refractivity (Wildman–Crippen MR) is 47.9 cm³/mol. The van der Waals surface area contributed by atoms with E-state index >= 15 is 0 Å². The van der Waals surface area contributed by atoms with Crippen LogP contribution in [0.15, 0.2) is 0 Å². The van der Waals surface area contributed by atoms with Crippen molar-refractivity contribution in [2.75, 3.05) is 12.3 Å². The maximum atomic E-state index is 5.52. The van der Waals surface area contributed by atoms with Crippen molar-refractivity contribution in [3.8, 4) is 0 Å². The number of aromatic nitrogens is 4. The number of ether oxygens (including phenoxy) is 1. The zero-order valence-corrected chi connectivity index (χ0v) is 8.19. The normalized spacial score (nSPS) is 11.9. The second-order valence-corrected chi connectivity index (χ2v) is 3.39. The van der Waals surface area contributed by atoms with E-state index in [4.69, 9.17) is 10.5 Å². The topological polar surface area (TPSA) is 78.8 Å². The van der Waals surface area contributed by atoms with E-state index in [-0.39, 0.29) is 5.60 Å². The SMILES string of the molecule is CCOC(C)(C)Cn1nnnc1N. The fourth-order valence-electron chi connectivity index (χ4n) is 1.12. The standard InChI is InChI=1S/C7H15N5O/c1-4-13-7(2,3)5-12-6(8)9-10-11-12/h4-5H2,1-3H3,(H2,8,9,11). The summed E-state index contributed by atoms with van der Waals surface area (Å²) in [5.74, 6) is 0.313. The average molecular weight is 185 g/mol. The highest BCUT2D eigenvalue weighted by Gasteiger charge is 2.20. The van der Waals surface area contributed by atoms with Crippen LogP contribution in [-0.4, -0.2) is 32.4 Å². The highest BCUT2D eigenvalue weighted by atomic mass is 16.5. The van der Waals surface area contributed by atoms with Crippen molar-refractivity contribution in [2.24, 2.45) is 0 Å². The Morgan fingerprint density at radius 3 is 2.69 bits per heavy atom. The van der Waals surface area contributed by atoms with Crippen LogP contribution in [0.3, 0.4) is 0 Å². The van der Waals surface area contributed by atoms with Gasteiger partial charge in [-0.15, -0.1) is 0 Å². The quantitative estimate of drug-likeness (QED) is 0.718. The summed E-state index contributed by atoms with van der Waals surface area (Å²) in [6, 6.07) is 0. The Balaban J connectivity index is 2.63. The van der Waals surface area contributed by atoms with Crippen molar-refractivity contribution < 1.29 is 4.74 Å². The van der Waals surface area contributed by atoms with E-state index in [2.05, 4.69) is 15.5 Å². The molecule has 0 aliphatic heterocycles. The molecular formula is C7H15N5O. The van der Waals surface area contributed by atoms with Crippen LogP contribution in [-0.2, 0) is 11.3 Å². The molecule has 0 aliphatic rings.